The van der Waals surface area contributed by atoms with Crippen molar-refractivity contribution in [2.45, 2.75) is 57.3 Å². The fraction of sp³-hybridized carbons (Fsp3) is 0.944. The van der Waals surface area contributed by atoms with Crippen LogP contribution >= 0.6 is 0 Å². The van der Waals surface area contributed by atoms with Crippen molar-refractivity contribution in [2.75, 3.05) is 40.4 Å². The minimum absolute atomic E-state index is 0.254. The van der Waals surface area contributed by atoms with Crippen molar-refractivity contribution in [3.05, 3.63) is 0 Å². The summed E-state index contributed by atoms with van der Waals surface area (Å²) in [6.45, 7) is 5.93. The van der Waals surface area contributed by atoms with Gasteiger partial charge in [-0.15, -0.1) is 0 Å². The predicted octanol–water partition coefficient (Wildman–Crippen LogP) is 2.11. The van der Waals surface area contributed by atoms with Gasteiger partial charge in [0.25, 0.3) is 0 Å². The van der Waals surface area contributed by atoms with Crippen LogP contribution in [0.4, 0.5) is 0 Å². The quantitative estimate of drug-likeness (QED) is 0.794. The van der Waals surface area contributed by atoms with Crippen molar-refractivity contribution >= 4 is 5.91 Å². The lowest BCUT2D eigenvalue weighted by molar-refractivity contribution is -0.203. The van der Waals surface area contributed by atoms with Crippen molar-refractivity contribution < 1.29 is 14.3 Å². The molecule has 0 aromatic rings. The largest absolute Gasteiger partial charge is 0.349 e. The van der Waals surface area contributed by atoms with E-state index in [1.54, 1.807) is 4.90 Å². The standard InChI is InChI=1S/C18H32N2O3/c1-4-7-20-13-14(11-17(21)19(2)3)10-15-12-18(6-5-16(15)20)22-8-9-23-18/h14-16H,4-13H2,1-3H3/t14-,15-,16-/m1/s1. The Labute approximate surface area is 140 Å². The first-order valence-corrected chi connectivity index (χ1v) is 9.25. The molecule has 132 valence electrons. The van der Waals surface area contributed by atoms with E-state index in [1.807, 2.05) is 14.1 Å². The van der Waals surface area contributed by atoms with E-state index in [9.17, 15) is 4.79 Å². The maximum atomic E-state index is 12.1. The van der Waals surface area contributed by atoms with Gasteiger partial charge >= 0.3 is 0 Å². The van der Waals surface area contributed by atoms with Crippen LogP contribution in [0.25, 0.3) is 0 Å². The average molecular weight is 324 g/mol. The molecule has 0 N–H and O–H groups in total. The zero-order valence-corrected chi connectivity index (χ0v) is 14.9. The molecule has 0 radical (unpaired) electrons. The Morgan fingerprint density at radius 2 is 2.04 bits per heavy atom. The second-order valence-corrected chi connectivity index (χ2v) is 7.77. The highest BCUT2D eigenvalue weighted by Crippen LogP contribution is 2.45. The first-order chi connectivity index (χ1) is 11.0. The van der Waals surface area contributed by atoms with Crippen molar-refractivity contribution in [1.82, 2.24) is 9.80 Å². The number of ether oxygens (including phenoxy) is 2. The van der Waals surface area contributed by atoms with Gasteiger partial charge in [0.1, 0.15) is 0 Å². The summed E-state index contributed by atoms with van der Waals surface area (Å²) < 4.78 is 11.9. The summed E-state index contributed by atoms with van der Waals surface area (Å²) >= 11 is 0. The molecule has 1 spiro atoms. The normalized spacial score (nSPS) is 33.6. The van der Waals surface area contributed by atoms with E-state index in [2.05, 4.69) is 11.8 Å². The summed E-state index contributed by atoms with van der Waals surface area (Å²) in [5.41, 5.74) is 0. The van der Waals surface area contributed by atoms with E-state index >= 15 is 0 Å². The van der Waals surface area contributed by atoms with Gasteiger partial charge in [0, 0.05) is 45.9 Å². The average Bonchev–Trinajstić information content (AvgIpc) is 2.95. The van der Waals surface area contributed by atoms with E-state index in [4.69, 9.17) is 9.47 Å². The Morgan fingerprint density at radius 3 is 2.70 bits per heavy atom. The highest BCUT2D eigenvalue weighted by atomic mass is 16.7. The number of carbonyl (C=O) groups is 1. The lowest BCUT2D eigenvalue weighted by Crippen LogP contribution is -2.55. The van der Waals surface area contributed by atoms with Gasteiger partial charge < -0.3 is 14.4 Å². The second kappa shape index (κ2) is 7.08. The number of hydrogen-bond donors (Lipinski definition) is 0. The lowest BCUT2D eigenvalue weighted by Gasteiger charge is -2.50. The SMILES string of the molecule is CCCN1C[C@@H](CC(=O)N(C)C)C[C@@H]2CC3(CC[C@H]21)OCCO3. The lowest BCUT2D eigenvalue weighted by atomic mass is 9.72. The molecule has 2 heterocycles. The maximum Gasteiger partial charge on any atom is 0.222 e. The number of rotatable bonds is 4. The molecule has 3 atom stereocenters. The third-order valence-electron chi connectivity index (χ3n) is 5.82. The minimum atomic E-state index is -0.313. The van der Waals surface area contributed by atoms with Crippen LogP contribution in [-0.2, 0) is 14.3 Å². The van der Waals surface area contributed by atoms with Crippen LogP contribution in [0.5, 0.6) is 0 Å². The van der Waals surface area contributed by atoms with E-state index in [1.165, 1.54) is 12.8 Å². The third kappa shape index (κ3) is 3.72. The van der Waals surface area contributed by atoms with Crippen molar-refractivity contribution in [2.24, 2.45) is 11.8 Å². The fourth-order valence-corrected chi connectivity index (χ4v) is 4.81. The van der Waals surface area contributed by atoms with Gasteiger partial charge in [-0.05, 0) is 37.6 Å². The third-order valence-corrected chi connectivity index (χ3v) is 5.82. The predicted molar refractivity (Wildman–Crippen MR) is 89.0 cm³/mol. The van der Waals surface area contributed by atoms with Gasteiger partial charge in [-0.3, -0.25) is 9.69 Å². The number of likely N-dealkylation sites (tertiary alicyclic amines) is 1. The van der Waals surface area contributed by atoms with E-state index in [0.29, 0.717) is 24.3 Å². The highest BCUT2D eigenvalue weighted by molar-refractivity contribution is 5.75. The van der Waals surface area contributed by atoms with Crippen molar-refractivity contribution in [3.63, 3.8) is 0 Å². The molecular formula is C18H32N2O3. The Balaban J connectivity index is 1.68. The molecule has 0 unspecified atom stereocenters. The molecule has 3 rings (SSSR count). The second-order valence-electron chi connectivity index (χ2n) is 7.77. The molecule has 1 saturated carbocycles. The summed E-state index contributed by atoms with van der Waals surface area (Å²) in [4.78, 5) is 16.5. The topological polar surface area (TPSA) is 42.0 Å². The number of fused-ring (bicyclic) bond motifs is 1. The Morgan fingerprint density at radius 1 is 1.30 bits per heavy atom. The number of amides is 1. The molecule has 5 heteroatoms. The number of carbonyl (C=O) groups excluding carboxylic acids is 1. The van der Waals surface area contributed by atoms with E-state index in [0.717, 1.165) is 45.6 Å². The zero-order chi connectivity index (χ0) is 16.4. The van der Waals surface area contributed by atoms with Crippen molar-refractivity contribution in [1.29, 1.82) is 0 Å². The molecular weight excluding hydrogens is 292 g/mol. The molecule has 3 aliphatic rings. The molecule has 0 bridgehead atoms. The Kier molecular flexibility index (Phi) is 5.29. The monoisotopic (exact) mass is 324 g/mol. The molecule has 23 heavy (non-hydrogen) atoms. The van der Waals surface area contributed by atoms with Crippen LogP contribution in [0.15, 0.2) is 0 Å². The molecule has 5 nitrogen and oxygen atoms in total. The summed E-state index contributed by atoms with van der Waals surface area (Å²) in [5.74, 6) is 1.01. The molecule has 0 aromatic heterocycles. The zero-order valence-electron chi connectivity index (χ0n) is 14.9. The van der Waals surface area contributed by atoms with Crippen LogP contribution in [0.1, 0.15) is 45.4 Å². The summed E-state index contributed by atoms with van der Waals surface area (Å²) in [7, 11) is 3.71. The minimum Gasteiger partial charge on any atom is -0.349 e. The fourth-order valence-electron chi connectivity index (χ4n) is 4.81. The van der Waals surface area contributed by atoms with Crippen LogP contribution in [0.3, 0.4) is 0 Å². The van der Waals surface area contributed by atoms with E-state index < -0.39 is 0 Å². The first-order valence-electron chi connectivity index (χ1n) is 9.25. The summed E-state index contributed by atoms with van der Waals surface area (Å²) in [5, 5.41) is 0. The summed E-state index contributed by atoms with van der Waals surface area (Å²) in [6, 6.07) is 0.652. The summed E-state index contributed by atoms with van der Waals surface area (Å²) in [6.07, 6.45) is 6.18. The smallest absolute Gasteiger partial charge is 0.222 e. The molecule has 1 aliphatic carbocycles. The van der Waals surface area contributed by atoms with Crippen LogP contribution < -0.4 is 0 Å². The Hall–Kier alpha value is -0.650. The molecule has 1 amide bonds. The highest BCUT2D eigenvalue weighted by Gasteiger charge is 2.48. The molecule has 0 aromatic carbocycles. The number of nitrogens with zero attached hydrogens (tertiary/aromatic N) is 2. The van der Waals surface area contributed by atoms with Gasteiger partial charge in [0.2, 0.25) is 5.91 Å². The molecule has 2 aliphatic heterocycles. The number of hydrogen-bond acceptors (Lipinski definition) is 4. The van der Waals surface area contributed by atoms with Gasteiger partial charge in [0.05, 0.1) is 13.2 Å². The van der Waals surface area contributed by atoms with Crippen molar-refractivity contribution in [3.8, 4) is 0 Å². The Bertz CT molecular complexity index is 420. The number of piperidine rings is 1. The van der Waals surface area contributed by atoms with Gasteiger partial charge in [-0.25, -0.2) is 0 Å². The first kappa shape index (κ1) is 17.2. The van der Waals surface area contributed by atoms with Gasteiger partial charge in [-0.1, -0.05) is 6.92 Å². The molecule has 3 fully saturated rings. The van der Waals surface area contributed by atoms with Crippen LogP contribution in [0, 0.1) is 11.8 Å². The van der Waals surface area contributed by atoms with Gasteiger partial charge in [-0.2, -0.15) is 0 Å². The van der Waals surface area contributed by atoms with Crippen LogP contribution in [0.2, 0.25) is 0 Å². The maximum absolute atomic E-state index is 12.1. The van der Waals surface area contributed by atoms with E-state index in [-0.39, 0.29) is 11.7 Å². The molecule has 2 saturated heterocycles. The van der Waals surface area contributed by atoms with Gasteiger partial charge in [0.15, 0.2) is 5.79 Å². The van der Waals surface area contributed by atoms with Crippen LogP contribution in [-0.4, -0.2) is 67.9 Å².